The summed E-state index contributed by atoms with van der Waals surface area (Å²) in [6.07, 6.45) is 1.06. The van der Waals surface area contributed by atoms with Gasteiger partial charge in [0.2, 0.25) is 5.91 Å². The summed E-state index contributed by atoms with van der Waals surface area (Å²) >= 11 is 3.44. The Kier molecular flexibility index (Phi) is 4.92. The molecule has 1 atom stereocenters. The highest BCUT2D eigenvalue weighted by molar-refractivity contribution is 9.10. The van der Waals surface area contributed by atoms with Gasteiger partial charge < -0.3 is 5.32 Å². The zero-order valence-electron chi connectivity index (χ0n) is 10.5. The molecule has 0 aliphatic rings. The SMILES string of the molecule is Cc1cccc(CNC(=O)[C@@H](C)S(C)(=O)=O)c1Br. The molecule has 1 N–H and O–H groups in total. The van der Waals surface area contributed by atoms with Crippen molar-refractivity contribution >= 4 is 31.7 Å². The summed E-state index contributed by atoms with van der Waals surface area (Å²) in [6, 6.07) is 5.72. The highest BCUT2D eigenvalue weighted by Crippen LogP contribution is 2.20. The number of hydrogen-bond acceptors (Lipinski definition) is 3. The lowest BCUT2D eigenvalue weighted by Crippen LogP contribution is -2.37. The van der Waals surface area contributed by atoms with E-state index in [1.54, 1.807) is 0 Å². The zero-order chi connectivity index (χ0) is 13.9. The molecule has 0 saturated carbocycles. The molecule has 1 amide bonds. The average Bonchev–Trinajstić information content (AvgIpc) is 2.28. The maximum absolute atomic E-state index is 11.7. The van der Waals surface area contributed by atoms with Crippen LogP contribution < -0.4 is 5.32 Å². The van der Waals surface area contributed by atoms with Crippen molar-refractivity contribution in [3.8, 4) is 0 Å². The standard InChI is InChI=1S/C12H16BrNO3S/c1-8-5-4-6-10(11(8)13)7-14-12(15)9(2)18(3,16)17/h4-6,9H,7H2,1-3H3,(H,14,15)/t9-/m1/s1. The minimum absolute atomic E-state index is 0.307. The molecule has 1 rings (SSSR count). The number of hydrogen-bond donors (Lipinski definition) is 1. The van der Waals surface area contributed by atoms with Crippen molar-refractivity contribution in [1.82, 2.24) is 5.32 Å². The molecule has 0 heterocycles. The summed E-state index contributed by atoms with van der Waals surface area (Å²) in [5, 5.41) is 1.60. The molecular formula is C12H16BrNO3S. The van der Waals surface area contributed by atoms with Gasteiger partial charge in [0, 0.05) is 17.3 Å². The first-order valence-corrected chi connectivity index (χ1v) is 8.19. The van der Waals surface area contributed by atoms with E-state index in [-0.39, 0.29) is 0 Å². The topological polar surface area (TPSA) is 63.2 Å². The van der Waals surface area contributed by atoms with Gasteiger partial charge in [-0.3, -0.25) is 4.79 Å². The van der Waals surface area contributed by atoms with Crippen LogP contribution in [0.5, 0.6) is 0 Å². The fraction of sp³-hybridized carbons (Fsp3) is 0.417. The molecule has 0 radical (unpaired) electrons. The van der Waals surface area contributed by atoms with E-state index in [1.807, 2.05) is 25.1 Å². The fourth-order valence-corrected chi connectivity index (χ4v) is 2.24. The van der Waals surface area contributed by atoms with Crippen LogP contribution in [0.1, 0.15) is 18.1 Å². The second-order valence-corrected chi connectivity index (χ2v) is 7.40. The molecule has 0 fully saturated rings. The Morgan fingerprint density at radius 2 is 2.06 bits per heavy atom. The first-order valence-electron chi connectivity index (χ1n) is 5.44. The molecule has 0 saturated heterocycles. The molecule has 0 aromatic heterocycles. The molecule has 1 aromatic rings. The number of nitrogens with one attached hydrogen (secondary N) is 1. The van der Waals surface area contributed by atoms with Crippen LogP contribution in [0.2, 0.25) is 0 Å². The molecule has 0 spiro atoms. The molecule has 18 heavy (non-hydrogen) atoms. The van der Waals surface area contributed by atoms with Crippen LogP contribution >= 0.6 is 15.9 Å². The van der Waals surface area contributed by atoms with Crippen molar-refractivity contribution in [3.63, 3.8) is 0 Å². The van der Waals surface area contributed by atoms with E-state index in [1.165, 1.54) is 6.92 Å². The Balaban J connectivity index is 2.72. The van der Waals surface area contributed by atoms with Crippen LogP contribution in [0.3, 0.4) is 0 Å². The van der Waals surface area contributed by atoms with Gasteiger partial charge in [-0.15, -0.1) is 0 Å². The van der Waals surface area contributed by atoms with Crippen LogP contribution in [0.4, 0.5) is 0 Å². The molecule has 0 bridgehead atoms. The van der Waals surface area contributed by atoms with Gasteiger partial charge in [0.15, 0.2) is 9.84 Å². The van der Waals surface area contributed by atoms with Gasteiger partial charge >= 0.3 is 0 Å². The molecule has 0 unspecified atom stereocenters. The van der Waals surface area contributed by atoms with Crippen molar-refractivity contribution in [2.24, 2.45) is 0 Å². The summed E-state index contributed by atoms with van der Waals surface area (Å²) in [5.74, 6) is -0.481. The maximum Gasteiger partial charge on any atom is 0.238 e. The van der Waals surface area contributed by atoms with Crippen molar-refractivity contribution in [1.29, 1.82) is 0 Å². The van der Waals surface area contributed by atoms with Crippen LogP contribution in [0, 0.1) is 6.92 Å². The lowest BCUT2D eigenvalue weighted by molar-refractivity contribution is -0.120. The van der Waals surface area contributed by atoms with Gasteiger partial charge in [0.25, 0.3) is 0 Å². The van der Waals surface area contributed by atoms with Gasteiger partial charge in [-0.1, -0.05) is 34.1 Å². The summed E-state index contributed by atoms with van der Waals surface area (Å²) < 4.78 is 23.4. The predicted molar refractivity (Wildman–Crippen MR) is 75.0 cm³/mol. The predicted octanol–water partition coefficient (Wildman–Crippen LogP) is 1.81. The van der Waals surface area contributed by atoms with E-state index in [0.717, 1.165) is 21.9 Å². The minimum atomic E-state index is -3.35. The van der Waals surface area contributed by atoms with Gasteiger partial charge in [-0.25, -0.2) is 8.42 Å². The third-order valence-electron chi connectivity index (χ3n) is 2.74. The summed E-state index contributed by atoms with van der Waals surface area (Å²) in [4.78, 5) is 11.7. The highest BCUT2D eigenvalue weighted by atomic mass is 79.9. The Hall–Kier alpha value is -0.880. The van der Waals surface area contributed by atoms with Crippen molar-refractivity contribution in [3.05, 3.63) is 33.8 Å². The quantitative estimate of drug-likeness (QED) is 0.913. The van der Waals surface area contributed by atoms with Crippen LogP contribution in [-0.2, 0) is 21.2 Å². The van der Waals surface area contributed by atoms with E-state index >= 15 is 0 Å². The Labute approximate surface area is 116 Å². The second-order valence-electron chi connectivity index (χ2n) is 4.24. The first kappa shape index (κ1) is 15.2. The Bertz CT molecular complexity index is 554. The summed E-state index contributed by atoms with van der Waals surface area (Å²) in [6.45, 7) is 3.64. The molecule has 6 heteroatoms. The van der Waals surface area contributed by atoms with Crippen molar-refractivity contribution in [2.75, 3.05) is 6.26 Å². The molecule has 4 nitrogen and oxygen atoms in total. The molecule has 0 aliphatic heterocycles. The van der Waals surface area contributed by atoms with Gasteiger partial charge in [0.1, 0.15) is 5.25 Å². The fourth-order valence-electron chi connectivity index (χ4n) is 1.37. The zero-order valence-corrected chi connectivity index (χ0v) is 12.9. The number of halogens is 1. The second kappa shape index (κ2) is 5.84. The molecule has 100 valence electrons. The smallest absolute Gasteiger partial charge is 0.238 e. The van der Waals surface area contributed by atoms with Crippen molar-refractivity contribution in [2.45, 2.75) is 25.6 Å². The van der Waals surface area contributed by atoms with E-state index in [2.05, 4.69) is 21.2 Å². The first-order chi connectivity index (χ1) is 8.23. The Morgan fingerprint density at radius 3 is 2.61 bits per heavy atom. The lowest BCUT2D eigenvalue weighted by Gasteiger charge is -2.12. The third-order valence-corrected chi connectivity index (χ3v) is 5.37. The number of sulfone groups is 1. The van der Waals surface area contributed by atoms with E-state index in [4.69, 9.17) is 0 Å². The largest absolute Gasteiger partial charge is 0.351 e. The lowest BCUT2D eigenvalue weighted by atomic mass is 10.1. The van der Waals surface area contributed by atoms with E-state index in [0.29, 0.717) is 6.54 Å². The maximum atomic E-state index is 11.7. The normalized spacial score (nSPS) is 13.1. The van der Waals surface area contributed by atoms with Gasteiger partial charge in [0.05, 0.1) is 0 Å². The third kappa shape index (κ3) is 3.81. The number of carbonyl (C=O) groups excluding carboxylic acids is 1. The van der Waals surface area contributed by atoms with Crippen LogP contribution in [0.15, 0.2) is 22.7 Å². The molecule has 1 aromatic carbocycles. The number of rotatable bonds is 4. The Morgan fingerprint density at radius 1 is 1.44 bits per heavy atom. The number of carbonyl (C=O) groups is 1. The van der Waals surface area contributed by atoms with E-state index < -0.39 is 21.0 Å². The number of aryl methyl sites for hydroxylation is 1. The van der Waals surface area contributed by atoms with Crippen LogP contribution in [-0.4, -0.2) is 25.8 Å². The van der Waals surface area contributed by atoms with E-state index in [9.17, 15) is 13.2 Å². The molecule has 0 aliphatic carbocycles. The molecular weight excluding hydrogens is 318 g/mol. The minimum Gasteiger partial charge on any atom is -0.351 e. The monoisotopic (exact) mass is 333 g/mol. The summed E-state index contributed by atoms with van der Waals surface area (Å²) in [7, 11) is -3.35. The summed E-state index contributed by atoms with van der Waals surface area (Å²) in [5.41, 5.74) is 1.99. The van der Waals surface area contributed by atoms with Crippen molar-refractivity contribution < 1.29 is 13.2 Å². The van der Waals surface area contributed by atoms with Crippen LogP contribution in [0.25, 0.3) is 0 Å². The van der Waals surface area contributed by atoms with Gasteiger partial charge in [-0.05, 0) is 25.0 Å². The average molecular weight is 334 g/mol. The number of amides is 1. The highest BCUT2D eigenvalue weighted by Gasteiger charge is 2.23. The number of benzene rings is 1. The van der Waals surface area contributed by atoms with Gasteiger partial charge in [-0.2, -0.15) is 0 Å².